The van der Waals surface area contributed by atoms with E-state index in [0.717, 1.165) is 0 Å². The first kappa shape index (κ1) is 9.62. The molecule has 10 heavy (non-hydrogen) atoms. The van der Waals surface area contributed by atoms with Crippen LogP contribution >= 0.6 is 0 Å². The molecule has 0 bridgehead atoms. The predicted molar refractivity (Wildman–Crippen MR) is 45.1 cm³/mol. The fourth-order valence-electron chi connectivity index (χ4n) is 0.519. The lowest BCUT2D eigenvalue weighted by Gasteiger charge is -2.03. The van der Waals surface area contributed by atoms with Crippen molar-refractivity contribution < 1.29 is 8.85 Å². The molecule has 0 aliphatic heterocycles. The van der Waals surface area contributed by atoms with Crippen molar-refractivity contribution in [3.63, 3.8) is 0 Å². The van der Waals surface area contributed by atoms with Crippen molar-refractivity contribution in [1.82, 2.24) is 0 Å². The van der Waals surface area contributed by atoms with Crippen LogP contribution in [0.1, 0.15) is 6.92 Å². The molecule has 3 heteroatoms. The van der Waals surface area contributed by atoms with Crippen molar-refractivity contribution in [1.29, 1.82) is 0 Å². The minimum atomic E-state index is -1.46. The van der Waals surface area contributed by atoms with E-state index in [1.807, 2.05) is 30.9 Å². The summed E-state index contributed by atoms with van der Waals surface area (Å²) in [5, 5.41) is 0. The Morgan fingerprint density at radius 2 is 1.70 bits per heavy atom. The van der Waals surface area contributed by atoms with Crippen LogP contribution in [-0.4, -0.2) is 23.5 Å². The molecular weight excluding hydrogens is 144 g/mol. The highest BCUT2D eigenvalue weighted by molar-refractivity contribution is 6.50. The second-order valence-electron chi connectivity index (χ2n) is 1.75. The number of hydrogen-bond donors (Lipinski definition) is 0. The van der Waals surface area contributed by atoms with Crippen LogP contribution in [0.3, 0.4) is 0 Å². The molecule has 0 aliphatic rings. The van der Waals surface area contributed by atoms with Crippen LogP contribution < -0.4 is 0 Å². The fourth-order valence-corrected chi connectivity index (χ4v) is 1.34. The summed E-state index contributed by atoms with van der Waals surface area (Å²) in [6.07, 6.45) is 5.87. The van der Waals surface area contributed by atoms with E-state index in [1.54, 1.807) is 14.2 Å². The van der Waals surface area contributed by atoms with Crippen LogP contribution in [0, 0.1) is 0 Å². The monoisotopic (exact) mass is 158 g/mol. The van der Waals surface area contributed by atoms with E-state index in [9.17, 15) is 0 Å². The minimum Gasteiger partial charge on any atom is -0.397 e. The summed E-state index contributed by atoms with van der Waals surface area (Å²) in [6, 6.07) is 0. The molecule has 0 N–H and O–H groups in total. The van der Waals surface area contributed by atoms with Gasteiger partial charge in [-0.15, -0.1) is 0 Å². The van der Waals surface area contributed by atoms with Crippen molar-refractivity contribution in [3.8, 4) is 0 Å². The third-order valence-corrected chi connectivity index (χ3v) is 2.50. The molecule has 0 radical (unpaired) electrons. The summed E-state index contributed by atoms with van der Waals surface area (Å²) in [4.78, 5) is 0. The first-order chi connectivity index (χ1) is 4.85. The van der Waals surface area contributed by atoms with Crippen molar-refractivity contribution in [3.05, 3.63) is 23.9 Å². The maximum atomic E-state index is 5.04. The van der Waals surface area contributed by atoms with E-state index < -0.39 is 9.28 Å². The fraction of sp³-hybridized carbons (Fsp3) is 0.429. The van der Waals surface area contributed by atoms with E-state index in [-0.39, 0.29) is 0 Å². The third kappa shape index (κ3) is 4.49. The van der Waals surface area contributed by atoms with Gasteiger partial charge in [-0.25, -0.2) is 0 Å². The van der Waals surface area contributed by atoms with Gasteiger partial charge in [0.25, 0.3) is 0 Å². The van der Waals surface area contributed by atoms with Gasteiger partial charge in [-0.2, -0.15) is 0 Å². The summed E-state index contributed by atoms with van der Waals surface area (Å²) in [5.74, 6) is 0. The summed E-state index contributed by atoms with van der Waals surface area (Å²) >= 11 is 0. The second kappa shape index (κ2) is 6.73. The van der Waals surface area contributed by atoms with Gasteiger partial charge in [0.1, 0.15) is 0 Å². The lowest BCUT2D eigenvalue weighted by molar-refractivity contribution is 0.290. The molecule has 0 aromatic heterocycles. The molecule has 0 aromatic carbocycles. The second-order valence-corrected chi connectivity index (χ2v) is 3.81. The van der Waals surface area contributed by atoms with Crippen LogP contribution in [0.15, 0.2) is 23.9 Å². The van der Waals surface area contributed by atoms with Gasteiger partial charge >= 0.3 is 9.28 Å². The van der Waals surface area contributed by atoms with E-state index in [4.69, 9.17) is 8.85 Å². The van der Waals surface area contributed by atoms with Gasteiger partial charge in [0, 0.05) is 14.2 Å². The van der Waals surface area contributed by atoms with Gasteiger partial charge in [0.2, 0.25) is 0 Å². The smallest absolute Gasteiger partial charge is 0.347 e. The van der Waals surface area contributed by atoms with Gasteiger partial charge in [-0.05, 0) is 12.6 Å². The van der Waals surface area contributed by atoms with Crippen LogP contribution in [0.25, 0.3) is 0 Å². The van der Waals surface area contributed by atoms with Gasteiger partial charge < -0.3 is 8.85 Å². The molecule has 0 aliphatic carbocycles. The van der Waals surface area contributed by atoms with Crippen molar-refractivity contribution >= 4 is 9.28 Å². The van der Waals surface area contributed by atoms with Crippen LogP contribution in [0.4, 0.5) is 0 Å². The van der Waals surface area contributed by atoms with Crippen molar-refractivity contribution in [2.24, 2.45) is 0 Å². The van der Waals surface area contributed by atoms with Crippen molar-refractivity contribution in [2.45, 2.75) is 6.92 Å². The molecule has 0 unspecified atom stereocenters. The molecular formula is C7H14O2Si. The normalized spacial score (nSPS) is 12.4. The van der Waals surface area contributed by atoms with E-state index in [2.05, 4.69) is 0 Å². The lowest BCUT2D eigenvalue weighted by atomic mass is 10.5. The zero-order valence-corrected chi connectivity index (χ0v) is 7.86. The molecule has 58 valence electrons. The third-order valence-electron chi connectivity index (χ3n) is 1.04. The zero-order chi connectivity index (χ0) is 7.82. The Morgan fingerprint density at radius 3 is 2.10 bits per heavy atom. The Bertz CT molecular complexity index is 117. The standard InChI is InChI=1S/C7H14O2Si/c1-4-5-6-7-10(8-2)9-3/h4-7,10H,1-3H3. The summed E-state index contributed by atoms with van der Waals surface area (Å²) < 4.78 is 10.1. The first-order valence-corrected chi connectivity index (χ1v) is 4.81. The largest absolute Gasteiger partial charge is 0.397 e. The highest BCUT2D eigenvalue weighted by Crippen LogP contribution is 1.87. The van der Waals surface area contributed by atoms with Crippen molar-refractivity contribution in [2.75, 3.05) is 14.2 Å². The highest BCUT2D eigenvalue weighted by Gasteiger charge is 2.00. The number of hydrogen-bond acceptors (Lipinski definition) is 2. The SMILES string of the molecule is CC=CC=C[SiH](OC)OC. The molecule has 0 rings (SSSR count). The van der Waals surface area contributed by atoms with Crippen LogP contribution in [-0.2, 0) is 8.85 Å². The predicted octanol–water partition coefficient (Wildman–Crippen LogP) is 1.17. The average Bonchev–Trinajstić information content (AvgIpc) is 1.99. The molecule has 0 heterocycles. The molecule has 0 saturated heterocycles. The minimum absolute atomic E-state index is 1.46. The number of allylic oxidation sites excluding steroid dienone is 3. The Labute approximate surface area is 64.0 Å². The molecule has 0 spiro atoms. The van der Waals surface area contributed by atoms with Gasteiger partial charge in [-0.3, -0.25) is 0 Å². The zero-order valence-electron chi connectivity index (χ0n) is 6.70. The molecule has 0 aromatic rings. The van der Waals surface area contributed by atoms with E-state index in [0.29, 0.717) is 0 Å². The quantitative estimate of drug-likeness (QED) is 0.452. The molecule has 2 nitrogen and oxygen atoms in total. The van der Waals surface area contributed by atoms with Crippen LogP contribution in [0.5, 0.6) is 0 Å². The summed E-state index contributed by atoms with van der Waals surface area (Å²) in [6.45, 7) is 1.97. The Balaban J connectivity index is 3.60. The first-order valence-electron chi connectivity index (χ1n) is 3.20. The van der Waals surface area contributed by atoms with Crippen LogP contribution in [0.2, 0.25) is 0 Å². The van der Waals surface area contributed by atoms with Gasteiger partial charge in [0.15, 0.2) is 0 Å². The Kier molecular flexibility index (Phi) is 6.47. The molecule has 0 saturated carbocycles. The molecule has 0 amide bonds. The lowest BCUT2D eigenvalue weighted by Crippen LogP contribution is -2.15. The Hall–Kier alpha value is -0.383. The maximum absolute atomic E-state index is 5.04. The van der Waals surface area contributed by atoms with Gasteiger partial charge in [-0.1, -0.05) is 18.2 Å². The van der Waals surface area contributed by atoms with Gasteiger partial charge in [0.05, 0.1) is 0 Å². The number of rotatable bonds is 4. The molecule has 0 atom stereocenters. The Morgan fingerprint density at radius 1 is 1.10 bits per heavy atom. The summed E-state index contributed by atoms with van der Waals surface area (Å²) in [7, 11) is 1.88. The van der Waals surface area contributed by atoms with E-state index >= 15 is 0 Å². The highest BCUT2D eigenvalue weighted by atomic mass is 28.3. The topological polar surface area (TPSA) is 18.5 Å². The van der Waals surface area contributed by atoms with E-state index in [1.165, 1.54) is 0 Å². The maximum Gasteiger partial charge on any atom is 0.347 e. The molecule has 0 fully saturated rings. The average molecular weight is 158 g/mol. The summed E-state index contributed by atoms with van der Waals surface area (Å²) in [5.41, 5.74) is 1.97.